The van der Waals surface area contributed by atoms with Crippen LogP contribution in [0.1, 0.15) is 64.2 Å². The van der Waals surface area contributed by atoms with Crippen LogP contribution in [-0.4, -0.2) is 6.17 Å². The number of hydrogen-bond donors (Lipinski definition) is 4. The van der Waals surface area contributed by atoms with Crippen LogP contribution in [0.15, 0.2) is 12.2 Å². The van der Waals surface area contributed by atoms with Gasteiger partial charge >= 0.3 is 0 Å². The Morgan fingerprint density at radius 2 is 1.50 bits per heavy atom. The highest BCUT2D eigenvalue weighted by molar-refractivity contribution is 5.00. The third kappa shape index (κ3) is 2.99. The first-order chi connectivity index (χ1) is 10.8. The molecule has 4 rings (SSSR count). The van der Waals surface area contributed by atoms with Crippen LogP contribution in [-0.2, 0) is 0 Å². The Morgan fingerprint density at radius 3 is 2.27 bits per heavy atom. The van der Waals surface area contributed by atoms with Crippen LogP contribution in [0.2, 0.25) is 0 Å². The lowest BCUT2D eigenvalue weighted by atomic mass is 9.59. The molecule has 4 N–H and O–H groups in total. The van der Waals surface area contributed by atoms with E-state index in [0.29, 0.717) is 6.17 Å². The monoisotopic (exact) mass is 304 g/mol. The van der Waals surface area contributed by atoms with Crippen LogP contribution >= 0.6 is 0 Å². The van der Waals surface area contributed by atoms with E-state index in [0.717, 1.165) is 29.6 Å². The van der Waals surface area contributed by atoms with Gasteiger partial charge < -0.3 is 0 Å². The van der Waals surface area contributed by atoms with E-state index in [9.17, 15) is 0 Å². The molecule has 4 nitrogen and oxygen atoms in total. The normalized spacial score (nSPS) is 41.5. The van der Waals surface area contributed by atoms with Gasteiger partial charge in [-0.25, -0.2) is 10.9 Å². The summed E-state index contributed by atoms with van der Waals surface area (Å²) in [5.74, 6) is 4.70. The minimum Gasteiger partial charge on any atom is -0.225 e. The van der Waals surface area contributed by atoms with Gasteiger partial charge in [-0.15, -0.1) is 0 Å². The number of nitrogens with one attached hydrogen (secondary N) is 4. The lowest BCUT2D eigenvalue weighted by molar-refractivity contribution is 0.0323. The Bertz CT molecular complexity index is 394. The Labute approximate surface area is 134 Å². The summed E-state index contributed by atoms with van der Waals surface area (Å²) in [5, 5.41) is 0. The zero-order valence-corrected chi connectivity index (χ0v) is 13.7. The minimum absolute atomic E-state index is 0.405. The van der Waals surface area contributed by atoms with E-state index in [-0.39, 0.29) is 0 Å². The van der Waals surface area contributed by atoms with E-state index in [1.54, 1.807) is 0 Å². The van der Waals surface area contributed by atoms with Crippen LogP contribution in [0, 0.1) is 29.6 Å². The molecule has 4 unspecified atom stereocenters. The maximum atomic E-state index is 4.19. The van der Waals surface area contributed by atoms with Crippen molar-refractivity contribution in [2.24, 2.45) is 29.6 Å². The molecular formula is C18H32N4. The van der Waals surface area contributed by atoms with E-state index in [1.807, 2.05) is 0 Å². The lowest BCUT2D eigenvalue weighted by Crippen LogP contribution is -2.49. The van der Waals surface area contributed by atoms with Gasteiger partial charge in [0.1, 0.15) is 0 Å². The number of hydrazine groups is 3. The predicted molar refractivity (Wildman–Crippen MR) is 89.1 cm³/mol. The SMILES string of the molecule is C=C1CCC(C2CCC3C(CCCC3C3NNNN3)C2)CC1. The number of rotatable bonds is 2. The second-order valence-corrected chi connectivity index (χ2v) is 8.20. The number of allylic oxidation sites excluding steroid dienone is 1. The third-order valence-corrected chi connectivity index (χ3v) is 7.09. The maximum Gasteiger partial charge on any atom is 0.0889 e. The van der Waals surface area contributed by atoms with E-state index >= 15 is 0 Å². The molecule has 1 aliphatic heterocycles. The minimum atomic E-state index is 0.405. The molecule has 22 heavy (non-hydrogen) atoms. The topological polar surface area (TPSA) is 48.1 Å². The molecule has 0 spiro atoms. The molecule has 4 heteroatoms. The molecule has 3 aliphatic carbocycles. The van der Waals surface area contributed by atoms with Crippen molar-refractivity contribution < 1.29 is 0 Å². The molecule has 124 valence electrons. The molecule has 3 saturated carbocycles. The van der Waals surface area contributed by atoms with Crippen molar-refractivity contribution >= 4 is 0 Å². The summed E-state index contributed by atoms with van der Waals surface area (Å²) >= 11 is 0. The fourth-order valence-electron chi connectivity index (χ4n) is 5.89. The summed E-state index contributed by atoms with van der Waals surface area (Å²) in [5.41, 5.74) is 14.2. The highest BCUT2D eigenvalue weighted by Gasteiger charge is 2.43. The molecule has 0 aromatic heterocycles. The summed E-state index contributed by atoms with van der Waals surface area (Å²) in [6.07, 6.45) is 14.5. The van der Waals surface area contributed by atoms with Crippen LogP contribution in [0.3, 0.4) is 0 Å². The lowest BCUT2D eigenvalue weighted by Gasteiger charge is -2.47. The molecule has 0 bridgehead atoms. The fraction of sp³-hybridized carbons (Fsp3) is 0.889. The first-order valence-electron chi connectivity index (χ1n) is 9.49. The van der Waals surface area contributed by atoms with E-state index < -0.39 is 0 Å². The molecule has 1 heterocycles. The standard InChI is InChI=1S/C18H32N4/c1-12-5-7-13(8-6-12)14-9-10-16-15(11-14)3-2-4-17(16)18-19-21-22-20-18/h13-22H,1-11H2. The van der Waals surface area contributed by atoms with Crippen molar-refractivity contribution in [3.05, 3.63) is 12.2 Å². The summed E-state index contributed by atoms with van der Waals surface area (Å²) in [6.45, 7) is 4.19. The van der Waals surface area contributed by atoms with E-state index in [2.05, 4.69) is 28.5 Å². The molecule has 0 aromatic carbocycles. The Morgan fingerprint density at radius 1 is 0.727 bits per heavy atom. The molecule has 1 saturated heterocycles. The van der Waals surface area contributed by atoms with Crippen molar-refractivity contribution in [3.63, 3.8) is 0 Å². The largest absolute Gasteiger partial charge is 0.225 e. The summed E-state index contributed by atoms with van der Waals surface area (Å²) in [4.78, 5) is 0. The second kappa shape index (κ2) is 6.60. The first-order valence-corrected chi connectivity index (χ1v) is 9.49. The second-order valence-electron chi connectivity index (χ2n) is 8.20. The van der Waals surface area contributed by atoms with Crippen molar-refractivity contribution in [1.82, 2.24) is 21.9 Å². The third-order valence-electron chi connectivity index (χ3n) is 7.09. The predicted octanol–water partition coefficient (Wildman–Crippen LogP) is 3.01. The molecular weight excluding hydrogens is 272 g/mol. The van der Waals surface area contributed by atoms with Crippen LogP contribution in [0.4, 0.5) is 0 Å². The average Bonchev–Trinajstić information content (AvgIpc) is 3.09. The zero-order valence-electron chi connectivity index (χ0n) is 13.7. The average molecular weight is 304 g/mol. The molecule has 4 aliphatic rings. The van der Waals surface area contributed by atoms with Gasteiger partial charge in [-0.05, 0) is 81.0 Å². The Balaban J connectivity index is 1.37. The highest BCUT2D eigenvalue weighted by atomic mass is 15.8. The van der Waals surface area contributed by atoms with Gasteiger partial charge in [0, 0.05) is 0 Å². The van der Waals surface area contributed by atoms with Gasteiger partial charge in [0.25, 0.3) is 0 Å². The van der Waals surface area contributed by atoms with Gasteiger partial charge in [-0.2, -0.15) is 11.1 Å². The van der Waals surface area contributed by atoms with Gasteiger partial charge in [-0.1, -0.05) is 25.0 Å². The van der Waals surface area contributed by atoms with Crippen molar-refractivity contribution in [2.75, 3.05) is 0 Å². The van der Waals surface area contributed by atoms with Gasteiger partial charge in [0.2, 0.25) is 0 Å². The van der Waals surface area contributed by atoms with Crippen molar-refractivity contribution in [3.8, 4) is 0 Å². The van der Waals surface area contributed by atoms with E-state index in [4.69, 9.17) is 0 Å². The maximum absolute atomic E-state index is 4.19. The fourth-order valence-corrected chi connectivity index (χ4v) is 5.89. The van der Waals surface area contributed by atoms with Crippen LogP contribution in [0.25, 0.3) is 0 Å². The molecule has 4 atom stereocenters. The Hall–Kier alpha value is -0.420. The van der Waals surface area contributed by atoms with Crippen molar-refractivity contribution in [1.29, 1.82) is 0 Å². The first kappa shape index (κ1) is 15.1. The summed E-state index contributed by atoms with van der Waals surface area (Å²) in [7, 11) is 0. The summed E-state index contributed by atoms with van der Waals surface area (Å²) in [6, 6.07) is 0. The molecule has 0 aromatic rings. The van der Waals surface area contributed by atoms with E-state index in [1.165, 1.54) is 69.8 Å². The number of hydrogen-bond acceptors (Lipinski definition) is 4. The van der Waals surface area contributed by atoms with Crippen molar-refractivity contribution in [2.45, 2.75) is 70.4 Å². The zero-order chi connectivity index (χ0) is 14.9. The quantitative estimate of drug-likeness (QED) is 0.592. The smallest absolute Gasteiger partial charge is 0.0889 e. The number of fused-ring (bicyclic) bond motifs is 1. The van der Waals surface area contributed by atoms with Gasteiger partial charge in [0.05, 0.1) is 6.17 Å². The molecule has 0 radical (unpaired) electrons. The molecule has 0 amide bonds. The highest BCUT2D eigenvalue weighted by Crippen LogP contribution is 2.50. The van der Waals surface area contributed by atoms with Gasteiger partial charge in [-0.3, -0.25) is 0 Å². The van der Waals surface area contributed by atoms with Crippen LogP contribution < -0.4 is 21.9 Å². The summed E-state index contributed by atoms with van der Waals surface area (Å²) < 4.78 is 0. The van der Waals surface area contributed by atoms with Crippen LogP contribution in [0.5, 0.6) is 0 Å². The molecule has 4 fully saturated rings. The van der Waals surface area contributed by atoms with Gasteiger partial charge in [0.15, 0.2) is 0 Å². The Kier molecular flexibility index (Phi) is 4.54.